The molecule has 1 unspecified atom stereocenters. The van der Waals surface area contributed by atoms with Crippen molar-refractivity contribution in [3.63, 3.8) is 0 Å². The number of hydrogen-bond acceptors (Lipinski definition) is 5. The summed E-state index contributed by atoms with van der Waals surface area (Å²) in [6, 6.07) is 13.1. The maximum absolute atomic E-state index is 16.8. The van der Waals surface area contributed by atoms with Gasteiger partial charge in [-0.25, -0.2) is 8.78 Å². The van der Waals surface area contributed by atoms with Crippen molar-refractivity contribution in [2.45, 2.75) is 51.5 Å². The Labute approximate surface area is 218 Å². The average molecular weight is 518 g/mol. The molecule has 3 N–H and O–H groups in total. The third-order valence-electron chi connectivity index (χ3n) is 7.51. The van der Waals surface area contributed by atoms with Crippen LogP contribution >= 0.6 is 0 Å². The number of aliphatic hydroxyl groups is 1. The summed E-state index contributed by atoms with van der Waals surface area (Å²) in [5.74, 6) is -0.0919. The molecule has 0 bridgehead atoms. The maximum Gasteiger partial charge on any atom is 0.141 e. The fraction of sp³-hybridized carbons (Fsp3) is 0.267. The third-order valence-corrected chi connectivity index (χ3v) is 7.51. The maximum atomic E-state index is 16.8. The summed E-state index contributed by atoms with van der Waals surface area (Å²) >= 11 is 0. The number of furan rings is 2. The minimum Gasteiger partial charge on any atom is -0.468 e. The predicted octanol–water partition coefficient (Wildman–Crippen LogP) is 6.92. The molecule has 2 aromatic carbocycles. The largest absolute Gasteiger partial charge is 0.468 e. The van der Waals surface area contributed by atoms with E-state index >= 15 is 8.78 Å². The number of fused-ring (bicyclic) bond motifs is 2. The highest BCUT2D eigenvalue weighted by molar-refractivity contribution is 5.96. The van der Waals surface area contributed by atoms with E-state index in [2.05, 4.69) is 10.3 Å². The summed E-state index contributed by atoms with van der Waals surface area (Å²) in [5, 5.41) is 15.7. The first-order chi connectivity index (χ1) is 18.2. The zero-order valence-electron chi connectivity index (χ0n) is 21.4. The lowest BCUT2D eigenvalue weighted by atomic mass is 9.80. The summed E-state index contributed by atoms with van der Waals surface area (Å²) < 4.78 is 43.7. The number of H-pyrrole nitrogens is 1. The van der Waals surface area contributed by atoms with Crippen molar-refractivity contribution in [1.29, 1.82) is 0 Å². The molecule has 6 nitrogen and oxygen atoms in total. The van der Waals surface area contributed by atoms with Crippen molar-refractivity contribution in [3.05, 3.63) is 102 Å². The summed E-state index contributed by atoms with van der Waals surface area (Å²) in [5.41, 5.74) is 1.57. The van der Waals surface area contributed by atoms with Crippen LogP contribution in [0.3, 0.4) is 0 Å². The van der Waals surface area contributed by atoms with Crippen LogP contribution < -0.4 is 5.32 Å². The molecule has 0 radical (unpaired) electrons. The van der Waals surface area contributed by atoms with Crippen LogP contribution in [0.4, 0.5) is 14.5 Å². The first-order valence-corrected chi connectivity index (χ1v) is 12.6. The van der Waals surface area contributed by atoms with E-state index in [0.29, 0.717) is 28.3 Å². The Balaban J connectivity index is 1.56. The number of aromatic nitrogens is 1. The number of aryl methyl sites for hydroxylation is 1. The van der Waals surface area contributed by atoms with E-state index in [0.717, 1.165) is 10.9 Å². The Bertz CT molecular complexity index is 1550. The summed E-state index contributed by atoms with van der Waals surface area (Å²) in [7, 11) is 0. The van der Waals surface area contributed by atoms with Gasteiger partial charge in [0.1, 0.15) is 23.2 Å². The van der Waals surface area contributed by atoms with Gasteiger partial charge in [-0.3, -0.25) is 4.90 Å². The van der Waals surface area contributed by atoms with Gasteiger partial charge in [-0.15, -0.1) is 0 Å². The van der Waals surface area contributed by atoms with Crippen molar-refractivity contribution < 1.29 is 22.7 Å². The zero-order chi connectivity index (χ0) is 26.6. The van der Waals surface area contributed by atoms with Crippen molar-refractivity contribution >= 4 is 16.6 Å². The van der Waals surface area contributed by atoms with Gasteiger partial charge in [0.25, 0.3) is 0 Å². The first-order valence-electron chi connectivity index (χ1n) is 12.6. The van der Waals surface area contributed by atoms with Gasteiger partial charge in [-0.2, -0.15) is 0 Å². The molecule has 0 saturated carbocycles. The van der Waals surface area contributed by atoms with E-state index in [1.165, 1.54) is 6.07 Å². The number of halogens is 2. The van der Waals surface area contributed by atoms with Crippen molar-refractivity contribution in [2.24, 2.45) is 0 Å². The van der Waals surface area contributed by atoms with Gasteiger partial charge in [-0.05, 0) is 56.7 Å². The molecule has 0 aliphatic carbocycles. The summed E-state index contributed by atoms with van der Waals surface area (Å²) in [6.45, 7) is 6.14. The molecule has 0 fully saturated rings. The van der Waals surface area contributed by atoms with Crippen LogP contribution in [0.2, 0.25) is 0 Å². The number of aromatic amines is 1. The van der Waals surface area contributed by atoms with Crippen molar-refractivity contribution in [3.8, 4) is 11.1 Å². The quantitative estimate of drug-likeness (QED) is 0.228. The Hall–Kier alpha value is -3.88. The van der Waals surface area contributed by atoms with E-state index in [9.17, 15) is 5.11 Å². The molecule has 0 spiro atoms. The van der Waals surface area contributed by atoms with Crippen LogP contribution in [-0.4, -0.2) is 26.6 Å². The summed E-state index contributed by atoms with van der Waals surface area (Å²) in [4.78, 5) is 5.08. The highest BCUT2D eigenvalue weighted by Crippen LogP contribution is 2.47. The van der Waals surface area contributed by atoms with E-state index in [1.54, 1.807) is 36.8 Å². The van der Waals surface area contributed by atoms with Crippen molar-refractivity contribution in [1.82, 2.24) is 9.88 Å². The topological polar surface area (TPSA) is 77.6 Å². The Kier molecular flexibility index (Phi) is 5.89. The fourth-order valence-electron chi connectivity index (χ4n) is 5.59. The number of hydrogen-bond donors (Lipinski definition) is 3. The second-order valence-electron chi connectivity index (χ2n) is 10.5. The number of para-hydroxylation sites is 1. The number of nitrogens with zero attached hydrogens (tertiary/aromatic N) is 1. The van der Waals surface area contributed by atoms with Crippen LogP contribution in [0, 0.1) is 18.6 Å². The molecule has 8 heteroatoms. The van der Waals surface area contributed by atoms with Gasteiger partial charge in [0, 0.05) is 28.4 Å². The van der Waals surface area contributed by atoms with Gasteiger partial charge in [0.05, 0.1) is 54.4 Å². The van der Waals surface area contributed by atoms with Crippen LogP contribution in [-0.2, 0) is 13.1 Å². The van der Waals surface area contributed by atoms with E-state index < -0.39 is 29.3 Å². The molecule has 1 aliphatic heterocycles. The second kappa shape index (κ2) is 9.15. The van der Waals surface area contributed by atoms with Crippen LogP contribution in [0.25, 0.3) is 22.0 Å². The van der Waals surface area contributed by atoms with Gasteiger partial charge in [0.15, 0.2) is 0 Å². The van der Waals surface area contributed by atoms with Crippen molar-refractivity contribution in [2.75, 3.05) is 5.32 Å². The SMILES string of the molecule is Cc1c[nH]c2c(-c3c(F)cc4c(c3F)C(N(Cc3ccco3)Cc3ccco3)[C@@H](O)C(C)(C)N4)cccc12. The van der Waals surface area contributed by atoms with E-state index in [1.807, 2.05) is 50.1 Å². The second-order valence-corrected chi connectivity index (χ2v) is 10.5. The molecule has 6 rings (SSSR count). The molecule has 5 aromatic rings. The molecular weight excluding hydrogens is 488 g/mol. The normalized spacial score (nSPS) is 18.6. The first kappa shape index (κ1) is 24.5. The molecular formula is C30H29F2N3O3. The lowest BCUT2D eigenvalue weighted by molar-refractivity contribution is -0.00690. The molecule has 38 heavy (non-hydrogen) atoms. The lowest BCUT2D eigenvalue weighted by Crippen LogP contribution is -2.55. The van der Waals surface area contributed by atoms with E-state index in [4.69, 9.17) is 8.83 Å². The Morgan fingerprint density at radius 1 is 1.00 bits per heavy atom. The average Bonchev–Trinajstić information content (AvgIpc) is 3.64. The number of rotatable bonds is 6. The molecule has 196 valence electrons. The smallest absolute Gasteiger partial charge is 0.141 e. The number of nitrogens with one attached hydrogen (secondary N) is 2. The monoisotopic (exact) mass is 517 g/mol. The van der Waals surface area contributed by atoms with E-state index in [-0.39, 0.29) is 24.2 Å². The fourth-order valence-corrected chi connectivity index (χ4v) is 5.59. The third kappa shape index (κ3) is 4.01. The number of benzene rings is 2. The van der Waals surface area contributed by atoms with Crippen LogP contribution in [0.5, 0.6) is 0 Å². The molecule has 1 aliphatic rings. The molecule has 4 heterocycles. The predicted molar refractivity (Wildman–Crippen MR) is 142 cm³/mol. The van der Waals surface area contributed by atoms with Gasteiger partial charge in [0.2, 0.25) is 0 Å². The minimum atomic E-state index is -1.05. The standard InChI is InChI=1S/C30H29F2N3O3/c1-17-14-33-27-20(17)9-4-10-21(27)24-22(31)13-23-25(26(24)32)28(29(36)30(2,3)34-23)35(15-18-7-5-11-37-18)16-19-8-6-12-38-19/h4-14,28-29,33-34,36H,15-16H2,1-3H3/t28?,29-/m1/s1. The van der Waals surface area contributed by atoms with Crippen LogP contribution in [0.15, 0.2) is 76.1 Å². The zero-order valence-corrected chi connectivity index (χ0v) is 21.4. The highest BCUT2D eigenvalue weighted by Gasteiger charge is 2.46. The molecule has 0 saturated heterocycles. The number of aliphatic hydroxyl groups excluding tert-OH is 1. The van der Waals surface area contributed by atoms with Gasteiger partial charge < -0.3 is 24.2 Å². The Morgan fingerprint density at radius 3 is 2.32 bits per heavy atom. The van der Waals surface area contributed by atoms with Gasteiger partial charge in [-0.1, -0.05) is 18.2 Å². The van der Waals surface area contributed by atoms with Gasteiger partial charge >= 0.3 is 0 Å². The molecule has 3 aromatic heterocycles. The minimum absolute atomic E-state index is 0.133. The molecule has 0 amide bonds. The molecule has 2 atom stereocenters. The number of anilines is 1. The van der Waals surface area contributed by atoms with Crippen LogP contribution in [0.1, 0.15) is 42.5 Å². The highest BCUT2D eigenvalue weighted by atomic mass is 19.1. The summed E-state index contributed by atoms with van der Waals surface area (Å²) in [6.07, 6.45) is 3.93. The lowest BCUT2D eigenvalue weighted by Gasteiger charge is -2.47. The Morgan fingerprint density at radius 2 is 1.68 bits per heavy atom.